The fourth-order valence-corrected chi connectivity index (χ4v) is 1.89. The predicted molar refractivity (Wildman–Crippen MR) is 56.0 cm³/mol. The Morgan fingerprint density at radius 3 is 2.86 bits per heavy atom. The van der Waals surface area contributed by atoms with Crippen molar-refractivity contribution < 1.29 is 5.11 Å². The number of benzene rings is 1. The first-order chi connectivity index (χ1) is 6.75. The number of nitrogens with two attached hydrogens (primary N) is 1. The number of phenols is 1. The monoisotopic (exact) mass is 192 g/mol. The van der Waals surface area contributed by atoms with Crippen molar-refractivity contribution in [1.82, 2.24) is 4.90 Å². The highest BCUT2D eigenvalue weighted by atomic mass is 16.3. The number of para-hydroxylation sites is 1. The molecule has 76 valence electrons. The molecule has 1 heterocycles. The second-order valence-electron chi connectivity index (χ2n) is 3.91. The summed E-state index contributed by atoms with van der Waals surface area (Å²) in [6, 6.07) is 7.78. The molecule has 0 aromatic heterocycles. The molecule has 2 rings (SSSR count). The maximum absolute atomic E-state index is 9.58. The number of nitrogens with zero attached hydrogens (tertiary/aromatic N) is 1. The fourth-order valence-electron chi connectivity index (χ4n) is 1.89. The van der Waals surface area contributed by atoms with Crippen LogP contribution in [0.5, 0.6) is 5.75 Å². The Morgan fingerprint density at radius 2 is 2.21 bits per heavy atom. The lowest BCUT2D eigenvalue weighted by Crippen LogP contribution is -2.26. The van der Waals surface area contributed by atoms with Crippen LogP contribution in [-0.2, 0) is 6.54 Å². The van der Waals surface area contributed by atoms with E-state index in [1.807, 2.05) is 18.2 Å². The average Bonchev–Trinajstić information content (AvgIpc) is 2.56. The molecule has 1 aromatic carbocycles. The third-order valence-electron chi connectivity index (χ3n) is 2.69. The maximum atomic E-state index is 9.58. The van der Waals surface area contributed by atoms with Crippen LogP contribution in [0.3, 0.4) is 0 Å². The second-order valence-corrected chi connectivity index (χ2v) is 3.91. The zero-order valence-corrected chi connectivity index (χ0v) is 8.19. The summed E-state index contributed by atoms with van der Waals surface area (Å²) in [5.41, 5.74) is 6.80. The minimum Gasteiger partial charge on any atom is -0.508 e. The van der Waals surface area contributed by atoms with Crippen molar-refractivity contribution in [3.8, 4) is 5.75 Å². The Hall–Kier alpha value is -1.06. The summed E-state index contributed by atoms with van der Waals surface area (Å²) >= 11 is 0. The van der Waals surface area contributed by atoms with E-state index in [-0.39, 0.29) is 0 Å². The lowest BCUT2D eigenvalue weighted by molar-refractivity contribution is 0.320. The van der Waals surface area contributed by atoms with Crippen LogP contribution in [0.4, 0.5) is 0 Å². The predicted octanol–water partition coefficient (Wildman–Crippen LogP) is 0.925. The van der Waals surface area contributed by atoms with Gasteiger partial charge in [0.1, 0.15) is 5.75 Å². The molecule has 1 aliphatic rings. The van der Waals surface area contributed by atoms with Gasteiger partial charge in [-0.3, -0.25) is 4.90 Å². The Bertz CT molecular complexity index is 314. The first kappa shape index (κ1) is 9.49. The van der Waals surface area contributed by atoms with E-state index in [4.69, 9.17) is 5.73 Å². The van der Waals surface area contributed by atoms with Gasteiger partial charge in [0.15, 0.2) is 0 Å². The van der Waals surface area contributed by atoms with Crippen molar-refractivity contribution in [3.63, 3.8) is 0 Å². The standard InChI is InChI=1S/C11H16N2O/c12-10-5-6-13(8-10)7-9-3-1-2-4-11(9)14/h1-4,10,14H,5-8,12H2. The molecular formula is C11H16N2O. The van der Waals surface area contributed by atoms with Gasteiger partial charge in [-0.15, -0.1) is 0 Å². The molecule has 1 aromatic rings. The van der Waals surface area contributed by atoms with Crippen LogP contribution in [-0.4, -0.2) is 29.1 Å². The van der Waals surface area contributed by atoms with Crippen LogP contribution in [0.2, 0.25) is 0 Å². The molecule has 0 amide bonds. The molecule has 3 N–H and O–H groups in total. The summed E-state index contributed by atoms with van der Waals surface area (Å²) in [5.74, 6) is 0.382. The molecule has 1 saturated heterocycles. The van der Waals surface area contributed by atoms with Gasteiger partial charge in [-0.25, -0.2) is 0 Å². The first-order valence-electron chi connectivity index (χ1n) is 5.00. The van der Waals surface area contributed by atoms with Crippen molar-refractivity contribution in [2.45, 2.75) is 19.0 Å². The summed E-state index contributed by atoms with van der Waals surface area (Å²) in [4.78, 5) is 2.28. The van der Waals surface area contributed by atoms with Crippen molar-refractivity contribution in [3.05, 3.63) is 29.8 Å². The van der Waals surface area contributed by atoms with Gasteiger partial charge < -0.3 is 10.8 Å². The van der Waals surface area contributed by atoms with Crippen LogP contribution in [0.25, 0.3) is 0 Å². The molecule has 1 fully saturated rings. The minimum absolute atomic E-state index is 0.306. The number of rotatable bonds is 2. The van der Waals surface area contributed by atoms with Gasteiger partial charge >= 0.3 is 0 Å². The quantitative estimate of drug-likeness (QED) is 0.732. The maximum Gasteiger partial charge on any atom is 0.120 e. The second kappa shape index (κ2) is 3.98. The van der Waals surface area contributed by atoms with E-state index in [0.717, 1.165) is 31.6 Å². The molecule has 1 atom stereocenters. The van der Waals surface area contributed by atoms with Gasteiger partial charge in [0.25, 0.3) is 0 Å². The van der Waals surface area contributed by atoms with Crippen LogP contribution in [0.1, 0.15) is 12.0 Å². The molecule has 1 aliphatic heterocycles. The Kier molecular flexibility index (Phi) is 2.70. The van der Waals surface area contributed by atoms with Gasteiger partial charge in [-0.2, -0.15) is 0 Å². The summed E-state index contributed by atoms with van der Waals surface area (Å²) in [6.07, 6.45) is 1.06. The average molecular weight is 192 g/mol. The number of phenolic OH excluding ortho intramolecular Hbond substituents is 1. The molecule has 0 bridgehead atoms. The zero-order valence-electron chi connectivity index (χ0n) is 8.19. The molecule has 14 heavy (non-hydrogen) atoms. The number of hydrogen-bond donors (Lipinski definition) is 2. The first-order valence-corrected chi connectivity index (χ1v) is 5.00. The highest BCUT2D eigenvalue weighted by molar-refractivity contribution is 5.31. The van der Waals surface area contributed by atoms with Crippen molar-refractivity contribution >= 4 is 0 Å². The third-order valence-corrected chi connectivity index (χ3v) is 2.69. The van der Waals surface area contributed by atoms with Gasteiger partial charge in [-0.1, -0.05) is 18.2 Å². The number of aromatic hydroxyl groups is 1. The van der Waals surface area contributed by atoms with E-state index in [1.54, 1.807) is 6.07 Å². The minimum atomic E-state index is 0.306. The lowest BCUT2D eigenvalue weighted by Gasteiger charge is -2.15. The highest BCUT2D eigenvalue weighted by Crippen LogP contribution is 2.19. The van der Waals surface area contributed by atoms with Gasteiger partial charge in [0.05, 0.1) is 0 Å². The molecule has 0 saturated carbocycles. The summed E-state index contributed by atoms with van der Waals surface area (Å²) in [5, 5.41) is 9.58. The summed E-state index contributed by atoms with van der Waals surface area (Å²) in [6.45, 7) is 2.78. The molecule has 0 aliphatic carbocycles. The van der Waals surface area contributed by atoms with Crippen molar-refractivity contribution in [2.24, 2.45) is 5.73 Å². The van der Waals surface area contributed by atoms with Crippen LogP contribution in [0, 0.1) is 0 Å². The van der Waals surface area contributed by atoms with E-state index in [2.05, 4.69) is 4.90 Å². The Balaban J connectivity index is 2.01. The lowest BCUT2D eigenvalue weighted by atomic mass is 10.2. The molecule has 3 nitrogen and oxygen atoms in total. The Labute approximate surface area is 84.1 Å². The highest BCUT2D eigenvalue weighted by Gasteiger charge is 2.19. The molecular weight excluding hydrogens is 176 g/mol. The van der Waals surface area contributed by atoms with Gasteiger partial charge in [-0.05, 0) is 12.5 Å². The van der Waals surface area contributed by atoms with Crippen LogP contribution in [0.15, 0.2) is 24.3 Å². The molecule has 0 spiro atoms. The van der Waals surface area contributed by atoms with E-state index in [9.17, 15) is 5.11 Å². The normalized spacial score (nSPS) is 22.8. The molecule has 0 radical (unpaired) electrons. The zero-order chi connectivity index (χ0) is 9.97. The number of likely N-dealkylation sites (tertiary alicyclic amines) is 1. The van der Waals surface area contributed by atoms with E-state index >= 15 is 0 Å². The smallest absolute Gasteiger partial charge is 0.120 e. The third kappa shape index (κ3) is 2.05. The summed E-state index contributed by atoms with van der Waals surface area (Å²) < 4.78 is 0. The van der Waals surface area contributed by atoms with Crippen LogP contribution >= 0.6 is 0 Å². The number of hydrogen-bond acceptors (Lipinski definition) is 3. The van der Waals surface area contributed by atoms with Crippen molar-refractivity contribution in [1.29, 1.82) is 0 Å². The van der Waals surface area contributed by atoms with E-state index < -0.39 is 0 Å². The summed E-state index contributed by atoms with van der Waals surface area (Å²) in [7, 11) is 0. The van der Waals surface area contributed by atoms with E-state index in [0.29, 0.717) is 11.8 Å². The Morgan fingerprint density at radius 1 is 1.43 bits per heavy atom. The van der Waals surface area contributed by atoms with Crippen molar-refractivity contribution in [2.75, 3.05) is 13.1 Å². The van der Waals surface area contributed by atoms with Gasteiger partial charge in [0, 0.05) is 31.2 Å². The fraction of sp³-hybridized carbons (Fsp3) is 0.455. The SMILES string of the molecule is NC1CCN(Cc2ccccc2O)C1. The van der Waals surface area contributed by atoms with Crippen LogP contribution < -0.4 is 5.73 Å². The topological polar surface area (TPSA) is 49.5 Å². The van der Waals surface area contributed by atoms with E-state index in [1.165, 1.54) is 0 Å². The largest absolute Gasteiger partial charge is 0.508 e. The molecule has 1 unspecified atom stereocenters. The van der Waals surface area contributed by atoms with Gasteiger partial charge in [0.2, 0.25) is 0 Å². The molecule has 3 heteroatoms.